The average Bonchev–Trinajstić information content (AvgIpc) is 3.07. The molecule has 1 atom stereocenters. The van der Waals surface area contributed by atoms with Crippen molar-refractivity contribution in [2.45, 2.75) is 32.4 Å². The van der Waals surface area contributed by atoms with Crippen LogP contribution in [0, 0.1) is 6.92 Å². The van der Waals surface area contributed by atoms with Crippen molar-refractivity contribution in [2.24, 2.45) is 0 Å². The first-order valence-corrected chi connectivity index (χ1v) is 7.13. The molecule has 1 aliphatic rings. The summed E-state index contributed by atoms with van der Waals surface area (Å²) in [5, 5.41) is 11.1. The fourth-order valence-electron chi connectivity index (χ4n) is 2.52. The normalized spacial score (nSPS) is 22.3. The lowest BCUT2D eigenvalue weighted by Crippen LogP contribution is -2.43. The molecular formula is C16H21N3O. The van der Waals surface area contributed by atoms with Crippen molar-refractivity contribution in [1.29, 1.82) is 0 Å². The van der Waals surface area contributed by atoms with Crippen LogP contribution in [-0.4, -0.2) is 23.8 Å². The van der Waals surface area contributed by atoms with E-state index in [-0.39, 0.29) is 5.54 Å². The Kier molecular flexibility index (Phi) is 3.59. The zero-order valence-electron chi connectivity index (χ0n) is 12.1. The Hall–Kier alpha value is -1.65. The molecule has 0 amide bonds. The van der Waals surface area contributed by atoms with Gasteiger partial charge in [-0.25, -0.2) is 0 Å². The monoisotopic (exact) mass is 271 g/mol. The molecule has 4 nitrogen and oxygen atoms in total. The molecule has 20 heavy (non-hydrogen) atoms. The molecule has 1 unspecified atom stereocenters. The molecule has 1 aromatic carbocycles. The van der Waals surface area contributed by atoms with Gasteiger partial charge in [0.15, 0.2) is 5.76 Å². The van der Waals surface area contributed by atoms with E-state index in [4.69, 9.17) is 4.52 Å². The Morgan fingerprint density at radius 1 is 1.35 bits per heavy atom. The van der Waals surface area contributed by atoms with Crippen LogP contribution in [0.25, 0.3) is 11.3 Å². The highest BCUT2D eigenvalue weighted by Gasteiger charge is 2.27. The molecule has 0 aliphatic carbocycles. The Balaban J connectivity index is 1.66. The molecule has 106 valence electrons. The SMILES string of the molecule is Cc1ccc(-c2cc(CNC3(C)CCNC3)on2)cc1. The molecule has 4 heteroatoms. The topological polar surface area (TPSA) is 50.1 Å². The van der Waals surface area contributed by atoms with Gasteiger partial charge in [0.25, 0.3) is 0 Å². The van der Waals surface area contributed by atoms with Gasteiger partial charge < -0.3 is 15.2 Å². The molecule has 1 fully saturated rings. The minimum atomic E-state index is 0.164. The van der Waals surface area contributed by atoms with E-state index >= 15 is 0 Å². The molecule has 2 aromatic rings. The van der Waals surface area contributed by atoms with Crippen molar-refractivity contribution in [3.8, 4) is 11.3 Å². The van der Waals surface area contributed by atoms with Gasteiger partial charge in [0.2, 0.25) is 0 Å². The van der Waals surface area contributed by atoms with Crippen LogP contribution in [0.5, 0.6) is 0 Å². The third kappa shape index (κ3) is 2.92. The van der Waals surface area contributed by atoms with Crippen molar-refractivity contribution >= 4 is 0 Å². The summed E-state index contributed by atoms with van der Waals surface area (Å²) in [7, 11) is 0. The van der Waals surface area contributed by atoms with Crippen LogP contribution in [0.3, 0.4) is 0 Å². The van der Waals surface area contributed by atoms with E-state index in [1.807, 2.05) is 6.07 Å². The van der Waals surface area contributed by atoms with E-state index in [9.17, 15) is 0 Å². The fourth-order valence-corrected chi connectivity index (χ4v) is 2.52. The van der Waals surface area contributed by atoms with Crippen LogP contribution in [0.4, 0.5) is 0 Å². The van der Waals surface area contributed by atoms with E-state index in [0.29, 0.717) is 0 Å². The highest BCUT2D eigenvalue weighted by Crippen LogP contribution is 2.20. The first kappa shape index (κ1) is 13.3. The predicted molar refractivity (Wildman–Crippen MR) is 79.4 cm³/mol. The first-order chi connectivity index (χ1) is 9.65. The Morgan fingerprint density at radius 3 is 2.85 bits per heavy atom. The number of nitrogens with zero attached hydrogens (tertiary/aromatic N) is 1. The number of aromatic nitrogens is 1. The van der Waals surface area contributed by atoms with Crippen LogP contribution in [0.2, 0.25) is 0 Å². The smallest absolute Gasteiger partial charge is 0.151 e. The second-order valence-corrected chi connectivity index (χ2v) is 5.89. The summed E-state index contributed by atoms with van der Waals surface area (Å²) in [6.45, 7) is 7.13. The van der Waals surface area contributed by atoms with E-state index in [2.05, 4.69) is 53.9 Å². The summed E-state index contributed by atoms with van der Waals surface area (Å²) in [5.41, 5.74) is 3.41. The van der Waals surface area contributed by atoms with Crippen molar-refractivity contribution in [1.82, 2.24) is 15.8 Å². The summed E-state index contributed by atoms with van der Waals surface area (Å²) < 4.78 is 5.42. The average molecular weight is 271 g/mol. The molecule has 0 bridgehead atoms. The van der Waals surface area contributed by atoms with Crippen LogP contribution < -0.4 is 10.6 Å². The number of benzene rings is 1. The fraction of sp³-hybridized carbons (Fsp3) is 0.438. The number of hydrogen-bond acceptors (Lipinski definition) is 4. The van der Waals surface area contributed by atoms with Crippen LogP contribution in [-0.2, 0) is 6.54 Å². The summed E-state index contributed by atoms with van der Waals surface area (Å²) in [6.07, 6.45) is 1.14. The van der Waals surface area contributed by atoms with E-state index in [1.165, 1.54) is 5.56 Å². The quantitative estimate of drug-likeness (QED) is 0.897. The largest absolute Gasteiger partial charge is 0.359 e. The zero-order chi connectivity index (χ0) is 14.0. The summed E-state index contributed by atoms with van der Waals surface area (Å²) in [5.74, 6) is 0.883. The van der Waals surface area contributed by atoms with Gasteiger partial charge in [0.1, 0.15) is 5.69 Å². The Bertz CT molecular complexity index is 568. The van der Waals surface area contributed by atoms with E-state index in [0.717, 1.165) is 43.1 Å². The summed E-state index contributed by atoms with van der Waals surface area (Å²) >= 11 is 0. The van der Waals surface area contributed by atoms with Gasteiger partial charge in [-0.2, -0.15) is 0 Å². The number of rotatable bonds is 4. The van der Waals surface area contributed by atoms with Gasteiger partial charge in [-0.15, -0.1) is 0 Å². The van der Waals surface area contributed by atoms with Crippen LogP contribution in [0.1, 0.15) is 24.7 Å². The summed E-state index contributed by atoms with van der Waals surface area (Å²) in [4.78, 5) is 0. The third-order valence-corrected chi connectivity index (χ3v) is 3.96. The van der Waals surface area contributed by atoms with Crippen molar-refractivity contribution in [3.63, 3.8) is 0 Å². The highest BCUT2D eigenvalue weighted by atomic mass is 16.5. The lowest BCUT2D eigenvalue weighted by molar-refractivity contribution is 0.329. The van der Waals surface area contributed by atoms with Gasteiger partial charge >= 0.3 is 0 Å². The highest BCUT2D eigenvalue weighted by molar-refractivity contribution is 5.59. The van der Waals surface area contributed by atoms with E-state index < -0.39 is 0 Å². The van der Waals surface area contributed by atoms with Gasteiger partial charge in [0, 0.05) is 23.7 Å². The molecule has 2 heterocycles. The van der Waals surface area contributed by atoms with Crippen molar-refractivity contribution in [3.05, 3.63) is 41.7 Å². The zero-order valence-corrected chi connectivity index (χ0v) is 12.1. The Morgan fingerprint density at radius 2 is 2.15 bits per heavy atom. The number of nitrogens with one attached hydrogen (secondary N) is 2. The van der Waals surface area contributed by atoms with Gasteiger partial charge in [-0.1, -0.05) is 35.0 Å². The minimum Gasteiger partial charge on any atom is -0.359 e. The molecular weight excluding hydrogens is 250 g/mol. The standard InChI is InChI=1S/C16H21N3O/c1-12-3-5-13(6-4-12)15-9-14(20-19-15)10-18-16(2)7-8-17-11-16/h3-6,9,17-18H,7-8,10-11H2,1-2H3. The molecule has 1 aliphatic heterocycles. The maximum absolute atomic E-state index is 5.42. The Labute approximate surface area is 119 Å². The molecule has 0 spiro atoms. The molecule has 0 radical (unpaired) electrons. The molecule has 1 saturated heterocycles. The second kappa shape index (κ2) is 5.38. The maximum atomic E-state index is 5.42. The van der Waals surface area contributed by atoms with Gasteiger partial charge in [-0.3, -0.25) is 0 Å². The van der Waals surface area contributed by atoms with Crippen LogP contribution in [0.15, 0.2) is 34.9 Å². The lowest BCUT2D eigenvalue weighted by Gasteiger charge is -2.23. The number of aryl methyl sites for hydroxylation is 1. The van der Waals surface area contributed by atoms with E-state index in [1.54, 1.807) is 0 Å². The lowest BCUT2D eigenvalue weighted by atomic mass is 10.0. The van der Waals surface area contributed by atoms with Crippen molar-refractivity contribution in [2.75, 3.05) is 13.1 Å². The van der Waals surface area contributed by atoms with Crippen molar-refractivity contribution < 1.29 is 4.52 Å². The number of hydrogen-bond donors (Lipinski definition) is 2. The predicted octanol–water partition coefficient (Wildman–Crippen LogP) is 2.49. The first-order valence-electron chi connectivity index (χ1n) is 7.13. The molecule has 0 saturated carbocycles. The molecule has 2 N–H and O–H groups in total. The van der Waals surface area contributed by atoms with Crippen LogP contribution >= 0.6 is 0 Å². The molecule has 1 aromatic heterocycles. The minimum absolute atomic E-state index is 0.164. The van der Waals surface area contributed by atoms with Gasteiger partial charge in [0.05, 0.1) is 6.54 Å². The maximum Gasteiger partial charge on any atom is 0.151 e. The second-order valence-electron chi connectivity index (χ2n) is 5.89. The molecule has 3 rings (SSSR count). The summed E-state index contributed by atoms with van der Waals surface area (Å²) in [6, 6.07) is 10.4. The third-order valence-electron chi connectivity index (χ3n) is 3.96. The van der Waals surface area contributed by atoms with Gasteiger partial charge in [-0.05, 0) is 26.8 Å².